The van der Waals surface area contributed by atoms with Crippen LogP contribution in [0.3, 0.4) is 0 Å². The molecule has 1 rings (SSSR count). The van der Waals surface area contributed by atoms with E-state index in [1.54, 1.807) is 6.20 Å². The van der Waals surface area contributed by atoms with Crippen molar-refractivity contribution in [2.75, 3.05) is 0 Å². The summed E-state index contributed by atoms with van der Waals surface area (Å²) in [6, 6.07) is 0. The first kappa shape index (κ1) is 8.14. The molecule has 0 saturated carbocycles. The fourth-order valence-corrected chi connectivity index (χ4v) is 0.872. The molecule has 0 aliphatic carbocycles. The van der Waals surface area contributed by atoms with Crippen molar-refractivity contribution in [2.45, 2.75) is 12.8 Å². The van der Waals surface area contributed by atoms with Gasteiger partial charge < -0.3 is 4.79 Å². The predicted octanol–water partition coefficient (Wildman–Crippen LogP) is 1.26. The van der Waals surface area contributed by atoms with Gasteiger partial charge in [-0.05, 0) is 6.42 Å². The van der Waals surface area contributed by atoms with Gasteiger partial charge in [0.15, 0.2) is 0 Å². The quantitative estimate of drug-likeness (QED) is 0.642. The molecule has 0 fully saturated rings. The third-order valence-corrected chi connectivity index (χ3v) is 1.36. The molecule has 0 aromatic carbocycles. The van der Waals surface area contributed by atoms with Crippen molar-refractivity contribution in [3.8, 4) is 0 Å². The van der Waals surface area contributed by atoms with E-state index in [9.17, 15) is 4.79 Å². The Morgan fingerprint density at radius 1 is 1.55 bits per heavy atom. The highest BCUT2D eigenvalue weighted by molar-refractivity contribution is 6.29. The molecule has 3 nitrogen and oxygen atoms in total. The fraction of sp³-hybridized carbons (Fsp3) is 0.286. The summed E-state index contributed by atoms with van der Waals surface area (Å²) in [4.78, 5) is 17.8. The molecular formula is C7H7ClN2O. The Balaban J connectivity index is 2.63. The van der Waals surface area contributed by atoms with Crippen LogP contribution >= 0.6 is 11.6 Å². The van der Waals surface area contributed by atoms with Crippen LogP contribution in [0.5, 0.6) is 0 Å². The third kappa shape index (κ3) is 2.63. The van der Waals surface area contributed by atoms with Crippen molar-refractivity contribution in [2.24, 2.45) is 0 Å². The van der Waals surface area contributed by atoms with Gasteiger partial charge in [0.05, 0.1) is 11.9 Å². The lowest BCUT2D eigenvalue weighted by atomic mass is 10.3. The van der Waals surface area contributed by atoms with E-state index in [1.807, 2.05) is 0 Å². The number of carbonyl (C=O) groups excluding carboxylic acids is 1. The molecule has 1 aromatic rings. The lowest BCUT2D eigenvalue weighted by Gasteiger charge is -1.94. The SMILES string of the molecule is O=CCCc1cncc(Cl)n1. The molecule has 0 radical (unpaired) electrons. The summed E-state index contributed by atoms with van der Waals surface area (Å²) in [5, 5.41) is 0.369. The number of hydrogen-bond acceptors (Lipinski definition) is 3. The highest BCUT2D eigenvalue weighted by Gasteiger charge is 1.94. The zero-order valence-electron chi connectivity index (χ0n) is 5.83. The van der Waals surface area contributed by atoms with Crippen LogP contribution in [0.2, 0.25) is 5.15 Å². The number of aldehydes is 1. The summed E-state index contributed by atoms with van der Waals surface area (Å²) in [7, 11) is 0. The van der Waals surface area contributed by atoms with E-state index in [1.165, 1.54) is 6.20 Å². The minimum Gasteiger partial charge on any atom is -0.303 e. The van der Waals surface area contributed by atoms with Crippen LogP contribution in [-0.2, 0) is 11.2 Å². The van der Waals surface area contributed by atoms with E-state index in [-0.39, 0.29) is 0 Å². The maximum Gasteiger partial charge on any atom is 0.147 e. The molecule has 0 atom stereocenters. The Bertz CT molecular complexity index is 252. The van der Waals surface area contributed by atoms with E-state index in [2.05, 4.69) is 9.97 Å². The molecule has 1 heterocycles. The van der Waals surface area contributed by atoms with Gasteiger partial charge in [0.25, 0.3) is 0 Å². The van der Waals surface area contributed by atoms with Gasteiger partial charge >= 0.3 is 0 Å². The van der Waals surface area contributed by atoms with Crippen LogP contribution in [-0.4, -0.2) is 16.3 Å². The smallest absolute Gasteiger partial charge is 0.147 e. The summed E-state index contributed by atoms with van der Waals surface area (Å²) in [6.07, 6.45) is 5.00. The van der Waals surface area contributed by atoms with Gasteiger partial charge in [-0.2, -0.15) is 0 Å². The molecule has 0 amide bonds. The van der Waals surface area contributed by atoms with Gasteiger partial charge in [0.1, 0.15) is 11.4 Å². The summed E-state index contributed by atoms with van der Waals surface area (Å²) in [5.41, 5.74) is 0.754. The van der Waals surface area contributed by atoms with Gasteiger partial charge in [-0.25, -0.2) is 4.98 Å². The Kier molecular flexibility index (Phi) is 2.98. The molecule has 0 spiro atoms. The van der Waals surface area contributed by atoms with Crippen LogP contribution in [0.1, 0.15) is 12.1 Å². The van der Waals surface area contributed by atoms with Gasteiger partial charge in [-0.1, -0.05) is 11.6 Å². The molecule has 0 bridgehead atoms. The maximum absolute atomic E-state index is 9.98. The third-order valence-electron chi connectivity index (χ3n) is 1.17. The molecule has 1 aromatic heterocycles. The van der Waals surface area contributed by atoms with Crippen LogP contribution in [0.4, 0.5) is 0 Å². The van der Waals surface area contributed by atoms with Crippen molar-refractivity contribution in [1.82, 2.24) is 9.97 Å². The average molecular weight is 171 g/mol. The Hall–Kier alpha value is -0.960. The van der Waals surface area contributed by atoms with E-state index < -0.39 is 0 Å². The second-order valence-corrected chi connectivity index (χ2v) is 2.43. The predicted molar refractivity (Wildman–Crippen MR) is 41.4 cm³/mol. The van der Waals surface area contributed by atoms with Crippen LogP contribution in [0.15, 0.2) is 12.4 Å². The van der Waals surface area contributed by atoms with Gasteiger partial charge in [0, 0.05) is 12.6 Å². The van der Waals surface area contributed by atoms with E-state index >= 15 is 0 Å². The van der Waals surface area contributed by atoms with E-state index in [0.29, 0.717) is 18.0 Å². The minimum absolute atomic E-state index is 0.369. The number of aryl methyl sites for hydroxylation is 1. The van der Waals surface area contributed by atoms with Gasteiger partial charge in [-0.15, -0.1) is 0 Å². The van der Waals surface area contributed by atoms with E-state index in [0.717, 1.165) is 12.0 Å². The van der Waals surface area contributed by atoms with Crippen molar-refractivity contribution >= 4 is 17.9 Å². The number of halogens is 1. The monoisotopic (exact) mass is 170 g/mol. The Morgan fingerprint density at radius 2 is 2.36 bits per heavy atom. The summed E-state index contributed by atoms with van der Waals surface area (Å²) in [5.74, 6) is 0. The summed E-state index contributed by atoms with van der Waals surface area (Å²) < 4.78 is 0. The average Bonchev–Trinajstić information content (AvgIpc) is 2.01. The molecule has 58 valence electrons. The second kappa shape index (κ2) is 4.03. The fourth-order valence-electron chi connectivity index (χ4n) is 0.707. The normalized spacial score (nSPS) is 9.55. The largest absolute Gasteiger partial charge is 0.303 e. The molecule has 0 unspecified atom stereocenters. The number of aromatic nitrogens is 2. The molecular weight excluding hydrogens is 164 g/mol. The minimum atomic E-state index is 0.369. The topological polar surface area (TPSA) is 42.9 Å². The van der Waals surface area contributed by atoms with Crippen molar-refractivity contribution in [3.63, 3.8) is 0 Å². The Labute approximate surface area is 69.4 Å². The first-order valence-corrected chi connectivity index (χ1v) is 3.61. The lowest BCUT2D eigenvalue weighted by Crippen LogP contribution is -1.91. The maximum atomic E-state index is 9.98. The number of carbonyl (C=O) groups is 1. The highest BCUT2D eigenvalue weighted by Crippen LogP contribution is 2.03. The van der Waals surface area contributed by atoms with Crippen molar-refractivity contribution < 1.29 is 4.79 Å². The number of hydrogen-bond donors (Lipinski definition) is 0. The molecule has 0 N–H and O–H groups in total. The molecule has 0 aliphatic heterocycles. The van der Waals surface area contributed by atoms with Gasteiger partial charge in [0.2, 0.25) is 0 Å². The molecule has 0 saturated heterocycles. The highest BCUT2D eigenvalue weighted by atomic mass is 35.5. The summed E-state index contributed by atoms with van der Waals surface area (Å²) in [6.45, 7) is 0. The molecule has 4 heteroatoms. The lowest BCUT2D eigenvalue weighted by molar-refractivity contribution is -0.107. The zero-order chi connectivity index (χ0) is 8.10. The van der Waals surface area contributed by atoms with Crippen LogP contribution in [0, 0.1) is 0 Å². The van der Waals surface area contributed by atoms with Gasteiger partial charge in [-0.3, -0.25) is 4.98 Å². The van der Waals surface area contributed by atoms with Crippen molar-refractivity contribution in [1.29, 1.82) is 0 Å². The zero-order valence-corrected chi connectivity index (χ0v) is 6.58. The molecule has 11 heavy (non-hydrogen) atoms. The van der Waals surface area contributed by atoms with Crippen LogP contribution in [0.25, 0.3) is 0 Å². The summed E-state index contributed by atoms with van der Waals surface area (Å²) >= 11 is 5.56. The number of nitrogens with zero attached hydrogens (tertiary/aromatic N) is 2. The van der Waals surface area contributed by atoms with Crippen LogP contribution < -0.4 is 0 Å². The first-order chi connectivity index (χ1) is 5.33. The number of rotatable bonds is 3. The van der Waals surface area contributed by atoms with E-state index in [4.69, 9.17) is 11.6 Å². The standard InChI is InChI=1S/C7H7ClN2O/c8-7-5-9-4-6(10-7)2-1-3-11/h3-5H,1-2H2. The molecule has 0 aliphatic rings. The van der Waals surface area contributed by atoms with Crippen molar-refractivity contribution in [3.05, 3.63) is 23.2 Å². The second-order valence-electron chi connectivity index (χ2n) is 2.04. The Morgan fingerprint density at radius 3 is 3.00 bits per heavy atom. The first-order valence-electron chi connectivity index (χ1n) is 3.23.